The highest BCUT2D eigenvalue weighted by Gasteiger charge is 2.43. The fourth-order valence-corrected chi connectivity index (χ4v) is 3.83. The molecule has 24 heavy (non-hydrogen) atoms. The average Bonchev–Trinajstić information content (AvgIpc) is 2.76. The Labute approximate surface area is 143 Å². The molecule has 0 amide bonds. The first-order valence-electron chi connectivity index (χ1n) is 8.38. The summed E-state index contributed by atoms with van der Waals surface area (Å²) in [7, 11) is 6.30. The van der Waals surface area contributed by atoms with Crippen LogP contribution in [0.3, 0.4) is 0 Å². The second-order valence-electron chi connectivity index (χ2n) is 7.42. The lowest BCUT2D eigenvalue weighted by Gasteiger charge is -2.19. The number of hydrogen-bond donors (Lipinski definition) is 0. The van der Waals surface area contributed by atoms with Gasteiger partial charge in [-0.3, -0.25) is 0 Å². The third-order valence-electron chi connectivity index (χ3n) is 5.25. The maximum absolute atomic E-state index is 2.37. The SMILES string of the molecule is C[n+]1ccc(-c2cc3c([n+](C)c2)-c2cc[n+](C)cc2C3(C)C)cc1. The lowest BCUT2D eigenvalue weighted by molar-refractivity contribution is -0.672. The molecule has 0 saturated heterocycles. The number of aryl methyl sites for hydroxylation is 3. The van der Waals surface area contributed by atoms with Gasteiger partial charge < -0.3 is 0 Å². The maximum atomic E-state index is 2.37. The van der Waals surface area contributed by atoms with Crippen molar-refractivity contribution < 1.29 is 13.7 Å². The topological polar surface area (TPSA) is 11.6 Å². The van der Waals surface area contributed by atoms with Gasteiger partial charge in [-0.25, -0.2) is 13.7 Å². The molecule has 3 aromatic rings. The minimum absolute atomic E-state index is 0.0108. The molecule has 3 heteroatoms. The second-order valence-corrected chi connectivity index (χ2v) is 7.42. The predicted octanol–water partition coefficient (Wildman–Crippen LogP) is 2.13. The molecule has 0 aromatic carbocycles. The lowest BCUT2D eigenvalue weighted by atomic mass is 9.83. The summed E-state index contributed by atoms with van der Waals surface area (Å²) in [4.78, 5) is 0. The van der Waals surface area contributed by atoms with E-state index < -0.39 is 0 Å². The van der Waals surface area contributed by atoms with Crippen molar-refractivity contribution in [2.45, 2.75) is 19.3 Å². The lowest BCUT2D eigenvalue weighted by Crippen LogP contribution is -2.32. The Hall–Kier alpha value is -2.55. The first kappa shape index (κ1) is 15.0. The van der Waals surface area contributed by atoms with E-state index in [2.05, 4.69) is 96.9 Å². The van der Waals surface area contributed by atoms with E-state index in [4.69, 9.17) is 0 Å². The third kappa shape index (κ3) is 2.08. The molecule has 3 nitrogen and oxygen atoms in total. The van der Waals surface area contributed by atoms with Gasteiger partial charge in [0.1, 0.15) is 21.1 Å². The van der Waals surface area contributed by atoms with Crippen LogP contribution in [0, 0.1) is 0 Å². The van der Waals surface area contributed by atoms with Crippen LogP contribution in [0.1, 0.15) is 25.0 Å². The summed E-state index contributed by atoms with van der Waals surface area (Å²) < 4.78 is 6.49. The highest BCUT2D eigenvalue weighted by atomic mass is 14.9. The Morgan fingerprint density at radius 1 is 0.750 bits per heavy atom. The predicted molar refractivity (Wildman–Crippen MR) is 93.0 cm³/mol. The number of pyridine rings is 3. The van der Waals surface area contributed by atoms with Crippen molar-refractivity contribution in [2.24, 2.45) is 21.1 Å². The highest BCUT2D eigenvalue weighted by molar-refractivity contribution is 5.77. The summed E-state index contributed by atoms with van der Waals surface area (Å²) in [6, 6.07) is 8.96. The van der Waals surface area contributed by atoms with E-state index >= 15 is 0 Å². The summed E-state index contributed by atoms with van der Waals surface area (Å²) in [5.74, 6) is 0. The van der Waals surface area contributed by atoms with Crippen molar-refractivity contribution in [1.29, 1.82) is 0 Å². The summed E-state index contributed by atoms with van der Waals surface area (Å²) in [6.45, 7) is 4.65. The molecular formula is C21H24N3+3. The Morgan fingerprint density at radius 2 is 1.42 bits per heavy atom. The average molecular weight is 318 g/mol. The second kappa shape index (κ2) is 4.97. The standard InChI is InChI=1S/C21H24N3/c1-21(2)18-12-16(15-6-9-22(3)10-7-15)13-24(5)20(18)17-8-11-23(4)14-19(17)21/h6-14H,1-5H3/q+3. The van der Waals surface area contributed by atoms with E-state index in [1.54, 1.807) is 0 Å². The van der Waals surface area contributed by atoms with Crippen molar-refractivity contribution in [3.05, 3.63) is 66.4 Å². The fraction of sp³-hybridized carbons (Fsp3) is 0.286. The number of nitrogens with zero attached hydrogens (tertiary/aromatic N) is 3. The van der Waals surface area contributed by atoms with Gasteiger partial charge in [0, 0.05) is 40.3 Å². The molecule has 3 aromatic heterocycles. The first-order chi connectivity index (χ1) is 11.4. The van der Waals surface area contributed by atoms with Crippen LogP contribution in [0.25, 0.3) is 22.4 Å². The van der Waals surface area contributed by atoms with Gasteiger partial charge in [-0.15, -0.1) is 0 Å². The van der Waals surface area contributed by atoms with Gasteiger partial charge in [0.05, 0.1) is 5.56 Å². The van der Waals surface area contributed by atoms with Crippen molar-refractivity contribution in [1.82, 2.24) is 0 Å². The van der Waals surface area contributed by atoms with Gasteiger partial charge in [-0.1, -0.05) is 13.8 Å². The number of rotatable bonds is 1. The Kier molecular flexibility index (Phi) is 3.11. The molecule has 4 rings (SSSR count). The quantitative estimate of drug-likeness (QED) is 0.609. The van der Waals surface area contributed by atoms with Gasteiger partial charge in [0.25, 0.3) is 0 Å². The van der Waals surface area contributed by atoms with Crippen LogP contribution in [-0.4, -0.2) is 0 Å². The fourth-order valence-electron chi connectivity index (χ4n) is 3.83. The van der Waals surface area contributed by atoms with Crippen molar-refractivity contribution >= 4 is 0 Å². The monoisotopic (exact) mass is 318 g/mol. The molecule has 0 radical (unpaired) electrons. The summed E-state index contributed by atoms with van der Waals surface area (Å²) >= 11 is 0. The zero-order valence-electron chi connectivity index (χ0n) is 15.0. The molecule has 0 N–H and O–H groups in total. The van der Waals surface area contributed by atoms with Gasteiger partial charge in [0.2, 0.25) is 5.69 Å². The molecule has 0 aliphatic heterocycles. The normalized spacial score (nSPS) is 14.4. The number of hydrogen-bond acceptors (Lipinski definition) is 0. The molecule has 0 unspecified atom stereocenters. The van der Waals surface area contributed by atoms with E-state index in [1.165, 1.54) is 33.5 Å². The number of fused-ring (bicyclic) bond motifs is 3. The van der Waals surface area contributed by atoms with Crippen molar-refractivity contribution in [3.8, 4) is 22.4 Å². The molecule has 120 valence electrons. The molecular weight excluding hydrogens is 294 g/mol. The largest absolute Gasteiger partial charge is 0.217 e. The molecule has 0 fully saturated rings. The zero-order valence-corrected chi connectivity index (χ0v) is 15.0. The van der Waals surface area contributed by atoms with Crippen molar-refractivity contribution in [2.75, 3.05) is 0 Å². The maximum Gasteiger partial charge on any atom is 0.217 e. The molecule has 0 bridgehead atoms. The Balaban J connectivity index is 1.96. The van der Waals surface area contributed by atoms with Crippen LogP contribution in [-0.2, 0) is 26.6 Å². The van der Waals surface area contributed by atoms with Gasteiger partial charge in [-0.2, -0.15) is 0 Å². The molecule has 0 saturated carbocycles. The van der Waals surface area contributed by atoms with E-state index in [-0.39, 0.29) is 5.41 Å². The summed E-state index contributed by atoms with van der Waals surface area (Å²) in [6.07, 6.45) is 10.8. The summed E-state index contributed by atoms with van der Waals surface area (Å²) in [5, 5.41) is 0. The molecule has 0 spiro atoms. The van der Waals surface area contributed by atoms with Crippen LogP contribution in [0.5, 0.6) is 0 Å². The van der Waals surface area contributed by atoms with E-state index in [1.807, 2.05) is 7.05 Å². The minimum atomic E-state index is 0.0108. The van der Waals surface area contributed by atoms with E-state index in [0.29, 0.717) is 0 Å². The third-order valence-corrected chi connectivity index (χ3v) is 5.25. The van der Waals surface area contributed by atoms with Gasteiger partial charge >= 0.3 is 0 Å². The van der Waals surface area contributed by atoms with Crippen molar-refractivity contribution in [3.63, 3.8) is 0 Å². The van der Waals surface area contributed by atoms with Gasteiger partial charge in [-0.05, 0) is 11.6 Å². The van der Waals surface area contributed by atoms with E-state index in [9.17, 15) is 0 Å². The van der Waals surface area contributed by atoms with Crippen LogP contribution in [0.2, 0.25) is 0 Å². The van der Waals surface area contributed by atoms with E-state index in [0.717, 1.165) is 0 Å². The zero-order chi connectivity index (χ0) is 17.1. The Bertz CT molecular complexity index is 954. The van der Waals surface area contributed by atoms with Crippen LogP contribution < -0.4 is 13.7 Å². The molecule has 1 aliphatic carbocycles. The van der Waals surface area contributed by atoms with Gasteiger partial charge in [0.15, 0.2) is 31.0 Å². The molecule has 0 atom stereocenters. The smallest absolute Gasteiger partial charge is 0.208 e. The van der Waals surface area contributed by atoms with Crippen LogP contribution in [0.15, 0.2) is 55.2 Å². The molecule has 1 aliphatic rings. The molecule has 3 heterocycles. The highest BCUT2D eigenvalue weighted by Crippen LogP contribution is 2.47. The Morgan fingerprint density at radius 3 is 2.12 bits per heavy atom. The minimum Gasteiger partial charge on any atom is -0.208 e. The summed E-state index contributed by atoms with van der Waals surface area (Å²) in [5.41, 5.74) is 8.01. The van der Waals surface area contributed by atoms with Crippen LogP contribution >= 0.6 is 0 Å². The van der Waals surface area contributed by atoms with Crippen LogP contribution in [0.4, 0.5) is 0 Å². The number of aromatic nitrogens is 3. The first-order valence-corrected chi connectivity index (χ1v) is 8.38.